The lowest BCUT2D eigenvalue weighted by Crippen LogP contribution is -2.47. The first kappa shape index (κ1) is 63.7. The first-order chi connectivity index (χ1) is 31.9. The SMILES string of the molecule is CC/C=C/C=C/C=C\CCCCCCCC(=O)OC(/C=C/CCCCCCCCCCC)C(COP(=O)([O-])OCC[N+](C)(C)C)NC(=O)CCCCCCC/C=C/CCCCCCCCC. The monoisotopic (exact) mass is 947 g/mol. The van der Waals surface area contributed by atoms with Gasteiger partial charge in [-0.15, -0.1) is 0 Å². The van der Waals surface area contributed by atoms with Crippen molar-refractivity contribution in [2.75, 3.05) is 40.9 Å². The lowest BCUT2D eigenvalue weighted by atomic mass is 10.1. The predicted molar refractivity (Wildman–Crippen MR) is 279 cm³/mol. The molecular formula is C56H103N2O7P. The standard InChI is InChI=1S/C56H103N2O7P/c1-7-10-13-16-19-22-25-27-28-29-31-33-36-39-42-45-48-55(59)57-53(52-64-66(61,62)63-51-50-58(4,5)6)54(47-44-41-38-35-32-24-21-18-15-12-9-3)65-56(60)49-46-43-40-37-34-30-26-23-20-17-14-11-8-2/h11,14,17,20,23,26,28-29,44,47,53-54H,7-10,12-13,15-16,18-19,21-22,24-25,27,30-43,45-46,48-52H2,1-6H3,(H-,57,59,61,62)/b14-11+,20-17+,26-23-,29-28+,47-44+. The van der Waals surface area contributed by atoms with Crippen LogP contribution in [-0.2, 0) is 27.9 Å². The van der Waals surface area contributed by atoms with E-state index in [0.717, 1.165) is 96.3 Å². The Kier molecular flexibility index (Phi) is 44.8. The zero-order valence-corrected chi connectivity index (χ0v) is 44.5. The van der Waals surface area contributed by atoms with Gasteiger partial charge in [-0.2, -0.15) is 0 Å². The first-order valence-corrected chi connectivity index (χ1v) is 28.6. The molecule has 1 N–H and O–H groups in total. The van der Waals surface area contributed by atoms with Gasteiger partial charge in [0.25, 0.3) is 7.82 Å². The molecule has 3 unspecified atom stereocenters. The van der Waals surface area contributed by atoms with Crippen LogP contribution in [0.5, 0.6) is 0 Å². The molecule has 0 saturated heterocycles. The maximum Gasteiger partial charge on any atom is 0.306 e. The van der Waals surface area contributed by atoms with Crippen LogP contribution >= 0.6 is 7.82 Å². The molecule has 0 aromatic rings. The van der Waals surface area contributed by atoms with Gasteiger partial charge in [0.1, 0.15) is 19.3 Å². The second-order valence-electron chi connectivity index (χ2n) is 19.4. The van der Waals surface area contributed by atoms with Gasteiger partial charge in [0, 0.05) is 12.8 Å². The average Bonchev–Trinajstić information content (AvgIpc) is 3.27. The third-order valence-corrected chi connectivity index (χ3v) is 12.7. The number of quaternary nitrogens is 1. The molecule has 0 aliphatic heterocycles. The van der Waals surface area contributed by atoms with E-state index < -0.39 is 26.6 Å². The van der Waals surface area contributed by atoms with E-state index in [1.54, 1.807) is 0 Å². The van der Waals surface area contributed by atoms with Gasteiger partial charge in [0.15, 0.2) is 0 Å². The van der Waals surface area contributed by atoms with E-state index in [1.165, 1.54) is 96.3 Å². The van der Waals surface area contributed by atoms with Gasteiger partial charge < -0.3 is 28.5 Å². The van der Waals surface area contributed by atoms with Crippen molar-refractivity contribution in [2.24, 2.45) is 0 Å². The zero-order valence-electron chi connectivity index (χ0n) is 43.6. The highest BCUT2D eigenvalue weighted by Crippen LogP contribution is 2.38. The molecule has 0 aliphatic carbocycles. The summed E-state index contributed by atoms with van der Waals surface area (Å²) in [6.07, 6.45) is 56.1. The summed E-state index contributed by atoms with van der Waals surface area (Å²) in [5.74, 6) is -0.577. The second kappa shape index (κ2) is 46.4. The summed E-state index contributed by atoms with van der Waals surface area (Å²) in [5.41, 5.74) is 0. The number of carbonyl (C=O) groups is 2. The Morgan fingerprint density at radius 1 is 0.545 bits per heavy atom. The summed E-state index contributed by atoms with van der Waals surface area (Å²) >= 11 is 0. The van der Waals surface area contributed by atoms with Gasteiger partial charge in [0.05, 0.1) is 33.8 Å². The third-order valence-electron chi connectivity index (χ3n) is 11.7. The Bertz CT molecular complexity index is 1320. The van der Waals surface area contributed by atoms with Gasteiger partial charge in [-0.05, 0) is 76.7 Å². The minimum absolute atomic E-state index is 0.0289. The Morgan fingerprint density at radius 3 is 1.48 bits per heavy atom. The normalized spacial score (nSPS) is 14.3. The van der Waals surface area contributed by atoms with Crippen LogP contribution in [0.2, 0.25) is 0 Å². The Morgan fingerprint density at radius 2 is 0.985 bits per heavy atom. The predicted octanol–water partition coefficient (Wildman–Crippen LogP) is 15.3. The summed E-state index contributed by atoms with van der Waals surface area (Å²) < 4.78 is 30.1. The molecule has 1 amide bonds. The summed E-state index contributed by atoms with van der Waals surface area (Å²) in [4.78, 5) is 39.7. The summed E-state index contributed by atoms with van der Waals surface area (Å²) in [7, 11) is 1.16. The summed E-state index contributed by atoms with van der Waals surface area (Å²) in [6, 6.07) is -0.900. The number of allylic oxidation sites excluding steroid dienone is 9. The number of amides is 1. The van der Waals surface area contributed by atoms with Crippen LogP contribution in [0.4, 0.5) is 0 Å². The molecule has 9 nitrogen and oxygen atoms in total. The van der Waals surface area contributed by atoms with Crippen molar-refractivity contribution in [2.45, 2.75) is 245 Å². The number of esters is 1. The number of nitrogens with zero attached hydrogens (tertiary/aromatic N) is 1. The summed E-state index contributed by atoms with van der Waals surface area (Å²) in [5, 5.41) is 3.00. The molecule has 384 valence electrons. The number of phosphoric ester groups is 1. The Balaban J connectivity index is 5.40. The molecular weight excluding hydrogens is 844 g/mol. The molecule has 0 aromatic heterocycles. The maximum atomic E-state index is 13.4. The lowest BCUT2D eigenvalue weighted by molar-refractivity contribution is -0.870. The number of carbonyl (C=O) groups excluding carboxylic acids is 2. The van der Waals surface area contributed by atoms with E-state index in [2.05, 4.69) is 68.6 Å². The van der Waals surface area contributed by atoms with Gasteiger partial charge in [0.2, 0.25) is 5.91 Å². The largest absolute Gasteiger partial charge is 0.756 e. The molecule has 0 aliphatic rings. The molecule has 0 aromatic carbocycles. The number of nitrogens with one attached hydrogen (secondary N) is 1. The maximum absolute atomic E-state index is 13.4. The molecule has 0 rings (SSSR count). The van der Waals surface area contributed by atoms with Crippen LogP contribution < -0.4 is 10.2 Å². The van der Waals surface area contributed by atoms with Crippen molar-refractivity contribution in [3.63, 3.8) is 0 Å². The van der Waals surface area contributed by atoms with Crippen molar-refractivity contribution in [1.29, 1.82) is 0 Å². The van der Waals surface area contributed by atoms with Crippen LogP contribution in [-0.4, -0.2) is 69.4 Å². The van der Waals surface area contributed by atoms with Gasteiger partial charge in [-0.1, -0.05) is 204 Å². The number of ether oxygens (including phenoxy) is 1. The molecule has 10 heteroatoms. The number of hydrogen-bond acceptors (Lipinski definition) is 7. The summed E-state index contributed by atoms with van der Waals surface area (Å²) in [6.45, 7) is 6.67. The van der Waals surface area contributed by atoms with E-state index in [1.807, 2.05) is 39.4 Å². The quantitative estimate of drug-likeness (QED) is 0.0161. The minimum Gasteiger partial charge on any atom is -0.756 e. The van der Waals surface area contributed by atoms with E-state index in [9.17, 15) is 19.0 Å². The highest BCUT2D eigenvalue weighted by molar-refractivity contribution is 7.45. The lowest BCUT2D eigenvalue weighted by Gasteiger charge is -2.30. The molecule has 0 saturated carbocycles. The average molecular weight is 947 g/mol. The van der Waals surface area contributed by atoms with Crippen molar-refractivity contribution in [1.82, 2.24) is 5.32 Å². The topological polar surface area (TPSA) is 114 Å². The smallest absolute Gasteiger partial charge is 0.306 e. The molecule has 0 fully saturated rings. The Labute approximate surface area is 407 Å². The second-order valence-corrected chi connectivity index (χ2v) is 20.8. The van der Waals surface area contributed by atoms with Crippen LogP contribution in [0, 0.1) is 0 Å². The molecule has 0 radical (unpaired) electrons. The van der Waals surface area contributed by atoms with Gasteiger partial charge in [-0.25, -0.2) is 0 Å². The fraction of sp³-hybridized carbons (Fsp3) is 0.786. The molecule has 66 heavy (non-hydrogen) atoms. The zero-order chi connectivity index (χ0) is 48.7. The first-order valence-electron chi connectivity index (χ1n) is 27.1. The van der Waals surface area contributed by atoms with Crippen molar-refractivity contribution in [3.8, 4) is 0 Å². The number of phosphoric acid groups is 1. The van der Waals surface area contributed by atoms with Crippen molar-refractivity contribution >= 4 is 19.7 Å². The van der Waals surface area contributed by atoms with Crippen molar-refractivity contribution in [3.05, 3.63) is 60.8 Å². The fourth-order valence-electron chi connectivity index (χ4n) is 7.52. The van der Waals surface area contributed by atoms with Crippen LogP contribution in [0.15, 0.2) is 60.8 Å². The number of rotatable bonds is 48. The van der Waals surface area contributed by atoms with Gasteiger partial charge in [-0.3, -0.25) is 14.2 Å². The highest BCUT2D eigenvalue weighted by atomic mass is 31.2. The molecule has 0 spiro atoms. The van der Waals surface area contributed by atoms with Crippen LogP contribution in [0.25, 0.3) is 0 Å². The Hall–Kier alpha value is -2.29. The number of likely N-dealkylation sites (N-methyl/N-ethyl adjacent to an activating group) is 1. The minimum atomic E-state index is -4.70. The van der Waals surface area contributed by atoms with Crippen LogP contribution in [0.3, 0.4) is 0 Å². The molecule has 0 bridgehead atoms. The van der Waals surface area contributed by atoms with E-state index >= 15 is 0 Å². The van der Waals surface area contributed by atoms with Crippen molar-refractivity contribution < 1.29 is 37.3 Å². The number of hydrogen-bond donors (Lipinski definition) is 1. The molecule has 3 atom stereocenters. The van der Waals surface area contributed by atoms with Gasteiger partial charge >= 0.3 is 5.97 Å². The third kappa shape index (κ3) is 46.8. The van der Waals surface area contributed by atoms with E-state index in [-0.39, 0.29) is 24.9 Å². The van der Waals surface area contributed by atoms with Crippen LogP contribution in [0.1, 0.15) is 233 Å². The van der Waals surface area contributed by atoms with E-state index in [4.69, 9.17) is 13.8 Å². The van der Waals surface area contributed by atoms with E-state index in [0.29, 0.717) is 23.9 Å². The fourth-order valence-corrected chi connectivity index (χ4v) is 8.24. The molecule has 0 heterocycles. The highest BCUT2D eigenvalue weighted by Gasteiger charge is 2.27. The number of unbranched alkanes of at least 4 members (excludes halogenated alkanes) is 26.